The molecule has 0 radical (unpaired) electrons. The van der Waals surface area contributed by atoms with Crippen molar-refractivity contribution in [1.82, 2.24) is 44.5 Å². The van der Waals surface area contributed by atoms with Gasteiger partial charge >= 0.3 is 17.9 Å². The molecule has 6 aliphatic rings. The number of ether oxygens (including phenoxy) is 2. The summed E-state index contributed by atoms with van der Waals surface area (Å²) in [7, 11) is 1.42. The number of methoxy groups -OCH3 is 1. The Kier molecular flexibility index (Phi) is 29.7. The quantitative estimate of drug-likeness (QED) is 0.0430. The molecule has 91 heavy (non-hydrogen) atoms. The monoisotopic (exact) mass is 1570 g/mol. The fourth-order valence-corrected chi connectivity index (χ4v) is 12.3. The smallest absolute Gasteiger partial charge is 0.331 e. The van der Waals surface area contributed by atoms with Crippen molar-refractivity contribution in [3.63, 3.8) is 0 Å². The van der Waals surface area contributed by atoms with Crippen molar-refractivity contribution in [3.8, 4) is 0 Å². The van der Waals surface area contributed by atoms with Crippen molar-refractivity contribution < 1.29 is 43.3 Å². The Morgan fingerprint density at radius 3 is 1.66 bits per heavy atom. The summed E-state index contributed by atoms with van der Waals surface area (Å²) in [6, 6.07) is 9.35. The normalized spacial score (nSPS) is 19.3. The molecule has 0 spiro atoms. The zero-order valence-corrected chi connectivity index (χ0v) is 59.1. The number of nitrogens with one attached hydrogen (secondary N) is 3. The van der Waals surface area contributed by atoms with Gasteiger partial charge in [0.25, 0.3) is 0 Å². The predicted molar refractivity (Wildman–Crippen MR) is 373 cm³/mol. The van der Waals surface area contributed by atoms with Gasteiger partial charge in [-0.2, -0.15) is 0 Å². The van der Waals surface area contributed by atoms with Crippen LogP contribution >= 0.6 is 80.7 Å². The van der Waals surface area contributed by atoms with E-state index in [1.165, 1.54) is 19.3 Å². The van der Waals surface area contributed by atoms with Gasteiger partial charge in [0.05, 0.1) is 25.2 Å². The molecule has 5 aromatic heterocycles. The number of nitrogens with zero attached hydrogens (tertiary/aromatic N) is 9. The molecule has 6 aliphatic heterocycles. The Balaban J connectivity index is 0.000000210. The summed E-state index contributed by atoms with van der Waals surface area (Å²) >= 11 is 13.4. The number of aliphatic carboxylic acids is 1. The van der Waals surface area contributed by atoms with Crippen LogP contribution in [0.4, 0.5) is 29.1 Å². The van der Waals surface area contributed by atoms with Crippen molar-refractivity contribution in [2.75, 3.05) is 60.7 Å². The highest BCUT2D eigenvalue weighted by Crippen LogP contribution is 2.31. The number of esters is 2. The molecule has 5 aromatic rings. The van der Waals surface area contributed by atoms with Crippen LogP contribution in [-0.2, 0) is 69.8 Å². The molecule has 4 atom stereocenters. The standard InChI is InChI=1S/C18H23N3O3.C15H19N3O3.C12H16BrN3O2.C11H12BrN3O.C6H6Br2N2.CH4.BrH/c1-18(2,3)24-15(22)7-6-12-9-13-11-21-8-4-5-14(21)17(23)20-16(13)19-10-12;1-3-6-18-9-12-7-11(4-5-13(19)20)8-16-14(12)17-15(21)10(18)2;1-18-12(17)10-3-2-4-16(10)7-8-5-9(13)6-15-11(8)14;12-8-4-7-6-15-3-1-2-9(15)11(16)14-10(7)13-5-8;7-2-4-1-5(8)3-10-6(4)9;;/h6-7,9-10,14H,4-5,8,11H2,1-3H3,(H,19,20,23);4-5,7-8,10H,3,6,9H2,1-2H3,(H,19,20)(H,16,17,21);5-6,10H,2-4,7H2,1H3,(H2,14,15);4-5,9H,1-3,6H2,(H,13,14,16);1,3H,2H2,(H2,9,10);1H4;1H/b7-6+;5-4+;;;;;/t14-;2*10-;9-;;;/m1111.../s1. The van der Waals surface area contributed by atoms with Crippen molar-refractivity contribution >= 4 is 158 Å². The van der Waals surface area contributed by atoms with E-state index in [1.807, 2.05) is 58.0 Å². The maximum absolute atomic E-state index is 12.2. The first-order valence-corrected chi connectivity index (χ1v) is 32.7. The molecule has 3 amide bonds. The number of carbonyl (C=O) groups excluding carboxylic acids is 5. The number of aromatic nitrogens is 5. The summed E-state index contributed by atoms with van der Waals surface area (Å²) < 4.78 is 12.9. The summed E-state index contributed by atoms with van der Waals surface area (Å²) in [5, 5.41) is 18.0. The van der Waals surface area contributed by atoms with Crippen LogP contribution in [0.15, 0.2) is 86.9 Å². The number of carboxylic acids is 1. The van der Waals surface area contributed by atoms with Gasteiger partial charge in [0.1, 0.15) is 40.7 Å². The maximum atomic E-state index is 12.2. The number of nitrogens with two attached hydrogens (primary N) is 2. The first-order chi connectivity index (χ1) is 42.4. The molecule has 492 valence electrons. The van der Waals surface area contributed by atoms with E-state index in [4.69, 9.17) is 26.0 Å². The van der Waals surface area contributed by atoms with Gasteiger partial charge in [0, 0.05) is 116 Å². The van der Waals surface area contributed by atoms with E-state index < -0.39 is 11.6 Å². The third-order valence-electron chi connectivity index (χ3n) is 15.1. The molecule has 11 heterocycles. The molecule has 8 N–H and O–H groups in total. The largest absolute Gasteiger partial charge is 0.478 e. The fraction of sp³-hybridized carbons (Fsp3) is 0.444. The summed E-state index contributed by atoms with van der Waals surface area (Å²) in [6.07, 6.45) is 20.7. The number of fused-ring (bicyclic) bond motifs is 5. The first-order valence-electron chi connectivity index (χ1n) is 29.2. The number of nitrogen functional groups attached to an aromatic ring is 2. The van der Waals surface area contributed by atoms with Gasteiger partial charge < -0.3 is 42.0 Å². The second-order valence-corrected chi connectivity index (χ2v) is 26.1. The van der Waals surface area contributed by atoms with Crippen LogP contribution in [0.3, 0.4) is 0 Å². The number of anilines is 5. The van der Waals surface area contributed by atoms with E-state index in [9.17, 15) is 28.8 Å². The fourth-order valence-electron chi connectivity index (χ4n) is 10.7. The summed E-state index contributed by atoms with van der Waals surface area (Å²) in [5.74, 6) is 1.46. The average Bonchev–Trinajstić information content (AvgIpc) is 1.93. The van der Waals surface area contributed by atoms with E-state index in [1.54, 1.807) is 37.1 Å². The molecule has 0 aliphatic carbocycles. The van der Waals surface area contributed by atoms with Crippen LogP contribution in [0, 0.1) is 0 Å². The molecule has 11 rings (SSSR count). The molecule has 0 unspecified atom stereocenters. The van der Waals surface area contributed by atoms with Crippen molar-refractivity contribution in [3.05, 3.63) is 126 Å². The number of pyridine rings is 5. The molecule has 28 heteroatoms. The molecule has 3 fully saturated rings. The lowest BCUT2D eigenvalue weighted by atomic mass is 10.1. The highest BCUT2D eigenvalue weighted by atomic mass is 79.9. The lowest BCUT2D eigenvalue weighted by molar-refractivity contribution is -0.148. The lowest BCUT2D eigenvalue weighted by Gasteiger charge is -2.24. The summed E-state index contributed by atoms with van der Waals surface area (Å²) in [6.45, 7) is 15.8. The Bertz CT molecular complexity index is 3430. The highest BCUT2D eigenvalue weighted by Gasteiger charge is 2.36. The van der Waals surface area contributed by atoms with Crippen LogP contribution in [0.5, 0.6) is 0 Å². The third kappa shape index (κ3) is 22.3. The first kappa shape index (κ1) is 75.6. The van der Waals surface area contributed by atoms with E-state index in [2.05, 4.69) is 131 Å². The SMILES string of the molecule is Br.C.CC(C)(C)OC(=O)/C=C/c1cnc2c(c1)CN1CCC[C@@H]1C(=O)N2.CCCN1Cc2cc(/C=C/C(=O)O)cnc2NC(=O)[C@H]1C.COC(=O)[C@H]1CCCN1Cc1cc(Br)cnc1N.Nc1ncc(Br)cc1CBr.O=C1Nc2ncc(Br)cc2CN2CCC[C@H]12. The van der Waals surface area contributed by atoms with Crippen molar-refractivity contribution in [2.45, 2.75) is 148 Å². The number of hydrogen-bond acceptors (Lipinski definition) is 19. The summed E-state index contributed by atoms with van der Waals surface area (Å²) in [5.41, 5.74) is 17.3. The van der Waals surface area contributed by atoms with Gasteiger partial charge in [-0.3, -0.25) is 38.8 Å². The molecule has 0 aromatic carbocycles. The highest BCUT2D eigenvalue weighted by molar-refractivity contribution is 9.11. The second-order valence-electron chi connectivity index (χ2n) is 22.8. The van der Waals surface area contributed by atoms with Crippen molar-refractivity contribution in [2.24, 2.45) is 0 Å². The van der Waals surface area contributed by atoms with Gasteiger partial charge in [-0.1, -0.05) is 30.3 Å². The number of amides is 3. The number of alkyl halides is 1. The maximum Gasteiger partial charge on any atom is 0.331 e. The second kappa shape index (κ2) is 35.8. The number of hydrogen-bond donors (Lipinski definition) is 6. The van der Waals surface area contributed by atoms with Crippen LogP contribution < -0.4 is 27.4 Å². The average molecular weight is 1580 g/mol. The van der Waals surface area contributed by atoms with Crippen LogP contribution in [0.1, 0.15) is 126 Å². The minimum atomic E-state index is -1.00. The Labute approximate surface area is 576 Å². The number of likely N-dealkylation sites (tertiary alicyclic amines) is 1. The van der Waals surface area contributed by atoms with Gasteiger partial charge in [-0.05, 0) is 200 Å². The van der Waals surface area contributed by atoms with E-state index >= 15 is 0 Å². The van der Waals surface area contributed by atoms with Crippen LogP contribution in [0.25, 0.3) is 12.2 Å². The molecule has 0 bridgehead atoms. The van der Waals surface area contributed by atoms with Gasteiger partial charge in [0.15, 0.2) is 0 Å². The molecule has 0 saturated carbocycles. The van der Waals surface area contributed by atoms with E-state index in [0.29, 0.717) is 54.3 Å². The third-order valence-corrected chi connectivity index (χ3v) is 17.0. The zero-order valence-electron chi connectivity index (χ0n) is 51.0. The topological polar surface area (TPSA) is 307 Å². The predicted octanol–water partition coefficient (Wildman–Crippen LogP) is 10.9. The van der Waals surface area contributed by atoms with E-state index in [-0.39, 0.29) is 78.2 Å². The summed E-state index contributed by atoms with van der Waals surface area (Å²) in [4.78, 5) is 99.7. The number of carboxylic acid groups (broad SMARTS) is 1. The van der Waals surface area contributed by atoms with Crippen molar-refractivity contribution in [1.29, 1.82) is 0 Å². The minimum absolute atomic E-state index is 0. The van der Waals surface area contributed by atoms with Gasteiger partial charge in [-0.15, -0.1) is 17.0 Å². The lowest BCUT2D eigenvalue weighted by Crippen LogP contribution is -2.39. The Morgan fingerprint density at radius 2 is 1.14 bits per heavy atom. The Hall–Kier alpha value is -6.11. The van der Waals surface area contributed by atoms with Crippen LogP contribution in [-0.4, -0.2) is 148 Å². The Morgan fingerprint density at radius 1 is 0.670 bits per heavy atom. The number of halogens is 5. The minimum Gasteiger partial charge on any atom is -0.478 e. The van der Waals surface area contributed by atoms with E-state index in [0.717, 1.165) is 136 Å². The molecular formula is C63H81Br5N14O9. The molecular weight excluding hydrogens is 1500 g/mol. The number of carbonyl (C=O) groups is 6. The molecule has 3 saturated heterocycles. The number of rotatable bonds is 10. The van der Waals surface area contributed by atoms with Crippen LogP contribution in [0.2, 0.25) is 0 Å². The zero-order chi connectivity index (χ0) is 64.5. The van der Waals surface area contributed by atoms with Gasteiger partial charge in [-0.25, -0.2) is 34.5 Å². The molecule has 23 nitrogen and oxygen atoms in total. The van der Waals surface area contributed by atoms with Gasteiger partial charge in [0.2, 0.25) is 17.7 Å².